The zero-order valence-electron chi connectivity index (χ0n) is 12.1. The molecule has 3 rings (SSSR count). The van der Waals surface area contributed by atoms with Gasteiger partial charge in [0, 0.05) is 9.89 Å². The summed E-state index contributed by atoms with van der Waals surface area (Å²) in [4.78, 5) is 0. The molecule has 0 radical (unpaired) electrons. The number of rotatable bonds is 4. The highest BCUT2D eigenvalue weighted by Crippen LogP contribution is 2.44. The summed E-state index contributed by atoms with van der Waals surface area (Å²) in [5.41, 5.74) is 2.42. The van der Waals surface area contributed by atoms with Crippen molar-refractivity contribution in [2.75, 3.05) is 0 Å². The lowest BCUT2D eigenvalue weighted by molar-refractivity contribution is 0.0825. The largest absolute Gasteiger partial charge is 0.392 e. The summed E-state index contributed by atoms with van der Waals surface area (Å²) in [7, 11) is 0. The first-order valence-corrected chi connectivity index (χ1v) is 8.48. The number of hydrogen-bond acceptors (Lipinski definition) is 1. The van der Waals surface area contributed by atoms with E-state index in [1.807, 2.05) is 18.2 Å². The topological polar surface area (TPSA) is 20.2 Å². The zero-order valence-corrected chi connectivity index (χ0v) is 13.7. The van der Waals surface area contributed by atoms with Crippen molar-refractivity contribution in [1.29, 1.82) is 0 Å². The van der Waals surface area contributed by atoms with Gasteiger partial charge < -0.3 is 5.11 Å². The highest BCUT2D eigenvalue weighted by molar-refractivity contribution is 9.10. The molecular weight excluding hydrogens is 324 g/mol. The van der Waals surface area contributed by atoms with Gasteiger partial charge in [-0.1, -0.05) is 71.2 Å². The smallest absolute Gasteiger partial charge is 0.0677 e. The van der Waals surface area contributed by atoms with Gasteiger partial charge in [0.15, 0.2) is 0 Å². The number of aliphatic hydroxyl groups excluding tert-OH is 1. The second kappa shape index (κ2) is 6.33. The van der Waals surface area contributed by atoms with E-state index in [-0.39, 0.29) is 11.5 Å². The van der Waals surface area contributed by atoms with Crippen LogP contribution in [-0.2, 0) is 11.8 Å². The summed E-state index contributed by atoms with van der Waals surface area (Å²) in [5.74, 6) is 0. The van der Waals surface area contributed by atoms with Crippen LogP contribution in [0.3, 0.4) is 0 Å². The first-order chi connectivity index (χ1) is 10.2. The predicted octanol–water partition coefficient (Wildman–Crippen LogP) is 4.86. The van der Waals surface area contributed by atoms with Gasteiger partial charge in [-0.25, -0.2) is 0 Å². The van der Waals surface area contributed by atoms with Gasteiger partial charge in [0.1, 0.15) is 0 Å². The summed E-state index contributed by atoms with van der Waals surface area (Å²) < 4.78 is 1.08. The maximum atomic E-state index is 11.0. The number of benzene rings is 2. The van der Waals surface area contributed by atoms with Crippen LogP contribution in [0.5, 0.6) is 0 Å². The van der Waals surface area contributed by atoms with Crippen LogP contribution in [0.1, 0.15) is 36.8 Å². The van der Waals surface area contributed by atoms with Crippen LogP contribution in [0, 0.1) is 0 Å². The molecule has 1 saturated carbocycles. The molecule has 1 nitrogen and oxygen atoms in total. The maximum absolute atomic E-state index is 11.0. The van der Waals surface area contributed by atoms with Gasteiger partial charge in [0.05, 0.1) is 6.10 Å². The molecule has 0 aromatic heterocycles. The summed E-state index contributed by atoms with van der Waals surface area (Å²) in [5, 5.41) is 11.0. The fraction of sp³-hybridized carbons (Fsp3) is 0.368. The van der Waals surface area contributed by atoms with Gasteiger partial charge in [-0.15, -0.1) is 0 Å². The van der Waals surface area contributed by atoms with Crippen molar-refractivity contribution in [2.24, 2.45) is 0 Å². The zero-order chi connectivity index (χ0) is 14.7. The summed E-state index contributed by atoms with van der Waals surface area (Å²) in [6, 6.07) is 18.8. The lowest BCUT2D eigenvalue weighted by Crippen LogP contribution is -2.38. The Morgan fingerprint density at radius 1 is 1.00 bits per heavy atom. The number of hydrogen-bond donors (Lipinski definition) is 1. The Morgan fingerprint density at radius 2 is 1.71 bits per heavy atom. The minimum absolute atomic E-state index is 0.0659. The standard InChI is InChI=1S/C19H21BrO/c20-17-10-6-7-15(13-17)14-18(21)19(11-4-5-12-19)16-8-2-1-3-9-16/h1-3,6-10,13,18,21H,4-5,11-12,14H2. The Kier molecular flexibility index (Phi) is 4.46. The summed E-state index contributed by atoms with van der Waals surface area (Å²) in [6.45, 7) is 0. The van der Waals surface area contributed by atoms with Crippen molar-refractivity contribution in [2.45, 2.75) is 43.6 Å². The average molecular weight is 345 g/mol. The molecule has 21 heavy (non-hydrogen) atoms. The monoisotopic (exact) mass is 344 g/mol. The van der Waals surface area contributed by atoms with E-state index in [4.69, 9.17) is 0 Å². The highest BCUT2D eigenvalue weighted by Gasteiger charge is 2.41. The molecule has 1 aliphatic rings. The molecule has 2 heteroatoms. The minimum Gasteiger partial charge on any atom is -0.392 e. The Bertz CT molecular complexity index is 588. The van der Waals surface area contributed by atoms with Crippen LogP contribution in [-0.4, -0.2) is 11.2 Å². The minimum atomic E-state index is -0.323. The van der Waals surface area contributed by atoms with Gasteiger partial charge >= 0.3 is 0 Å². The fourth-order valence-electron chi connectivity index (χ4n) is 3.67. The quantitative estimate of drug-likeness (QED) is 0.839. The van der Waals surface area contributed by atoms with Crippen LogP contribution >= 0.6 is 15.9 Å². The van der Waals surface area contributed by atoms with E-state index in [0.717, 1.165) is 17.3 Å². The molecule has 0 bridgehead atoms. The highest BCUT2D eigenvalue weighted by atomic mass is 79.9. The molecule has 2 aromatic rings. The van der Waals surface area contributed by atoms with Crippen LogP contribution in [0.15, 0.2) is 59.1 Å². The lowest BCUT2D eigenvalue weighted by Gasteiger charge is -2.35. The van der Waals surface area contributed by atoms with E-state index in [9.17, 15) is 5.11 Å². The molecule has 2 aromatic carbocycles. The van der Waals surface area contributed by atoms with Gasteiger partial charge in [-0.05, 0) is 42.5 Å². The third kappa shape index (κ3) is 3.07. The van der Waals surface area contributed by atoms with Gasteiger partial charge in [-0.3, -0.25) is 0 Å². The van der Waals surface area contributed by atoms with Crippen LogP contribution in [0.4, 0.5) is 0 Å². The second-order valence-corrected chi connectivity index (χ2v) is 6.99. The molecule has 1 N–H and O–H groups in total. The van der Waals surface area contributed by atoms with Crippen molar-refractivity contribution in [3.8, 4) is 0 Å². The van der Waals surface area contributed by atoms with Gasteiger partial charge in [-0.2, -0.15) is 0 Å². The molecule has 0 heterocycles. The van der Waals surface area contributed by atoms with E-state index in [1.165, 1.54) is 24.0 Å². The maximum Gasteiger partial charge on any atom is 0.0677 e. The first-order valence-electron chi connectivity index (χ1n) is 7.69. The number of aliphatic hydroxyl groups is 1. The fourth-order valence-corrected chi connectivity index (χ4v) is 4.12. The van der Waals surface area contributed by atoms with E-state index in [2.05, 4.69) is 52.3 Å². The van der Waals surface area contributed by atoms with Crippen molar-refractivity contribution < 1.29 is 5.11 Å². The van der Waals surface area contributed by atoms with E-state index < -0.39 is 0 Å². The molecule has 1 aliphatic carbocycles. The average Bonchev–Trinajstić information content (AvgIpc) is 2.99. The molecule has 1 fully saturated rings. The first kappa shape index (κ1) is 14.8. The molecule has 0 spiro atoms. The van der Waals surface area contributed by atoms with Crippen LogP contribution in [0.2, 0.25) is 0 Å². The van der Waals surface area contributed by atoms with Crippen LogP contribution in [0.25, 0.3) is 0 Å². The summed E-state index contributed by atoms with van der Waals surface area (Å²) in [6.07, 6.45) is 5.00. The van der Waals surface area contributed by atoms with Crippen molar-refractivity contribution >= 4 is 15.9 Å². The lowest BCUT2D eigenvalue weighted by atomic mass is 9.72. The molecule has 1 unspecified atom stereocenters. The van der Waals surface area contributed by atoms with Crippen molar-refractivity contribution in [3.63, 3.8) is 0 Å². The van der Waals surface area contributed by atoms with Crippen molar-refractivity contribution in [1.82, 2.24) is 0 Å². The Hall–Kier alpha value is -1.12. The van der Waals surface area contributed by atoms with E-state index in [0.29, 0.717) is 6.42 Å². The molecule has 0 saturated heterocycles. The van der Waals surface area contributed by atoms with Crippen LogP contribution < -0.4 is 0 Å². The third-order valence-corrected chi connectivity index (χ3v) is 5.29. The molecule has 110 valence electrons. The van der Waals surface area contributed by atoms with Crippen molar-refractivity contribution in [3.05, 3.63) is 70.2 Å². The second-order valence-electron chi connectivity index (χ2n) is 6.08. The molecular formula is C19H21BrO. The summed E-state index contributed by atoms with van der Waals surface area (Å²) >= 11 is 3.51. The SMILES string of the molecule is OC(Cc1cccc(Br)c1)C1(c2ccccc2)CCCC1. The van der Waals surface area contributed by atoms with Gasteiger partial charge in [0.2, 0.25) is 0 Å². The third-order valence-electron chi connectivity index (χ3n) is 4.80. The predicted molar refractivity (Wildman–Crippen MR) is 90.4 cm³/mol. The van der Waals surface area contributed by atoms with E-state index >= 15 is 0 Å². The Balaban J connectivity index is 1.87. The normalized spacial score (nSPS) is 18.6. The van der Waals surface area contributed by atoms with E-state index in [1.54, 1.807) is 0 Å². The molecule has 0 aliphatic heterocycles. The molecule has 1 atom stereocenters. The van der Waals surface area contributed by atoms with Gasteiger partial charge in [0.25, 0.3) is 0 Å². The Labute approximate surface area is 135 Å². The molecule has 0 amide bonds. The Morgan fingerprint density at radius 3 is 2.38 bits per heavy atom. The number of halogens is 1.